The van der Waals surface area contributed by atoms with Crippen molar-refractivity contribution in [3.05, 3.63) is 164 Å². The molecule has 0 amide bonds. The van der Waals surface area contributed by atoms with Gasteiger partial charge < -0.3 is 4.18 Å². The summed E-state index contributed by atoms with van der Waals surface area (Å²) in [7, 11) is -2.39. The maximum absolute atomic E-state index is 13.4. The third kappa shape index (κ3) is 5.41. The number of rotatable bonds is 8. The van der Waals surface area contributed by atoms with E-state index in [1.165, 1.54) is 32.7 Å². The molecule has 0 aliphatic carbocycles. The Kier molecular flexibility index (Phi) is 7.94. The molecule has 0 spiro atoms. The molecule has 45 heavy (non-hydrogen) atoms. The van der Waals surface area contributed by atoms with Gasteiger partial charge in [0.1, 0.15) is 0 Å². The maximum Gasteiger partial charge on any atom is 0.317 e. The smallest absolute Gasteiger partial charge is 0.317 e. The highest BCUT2D eigenvalue weighted by atomic mass is 32.3. The van der Waals surface area contributed by atoms with E-state index in [4.69, 9.17) is 4.18 Å². The average Bonchev–Trinajstić information content (AvgIpc) is 3.11. The van der Waals surface area contributed by atoms with Gasteiger partial charge in [0.2, 0.25) is 0 Å². The summed E-state index contributed by atoms with van der Waals surface area (Å²) >= 11 is 0. The van der Waals surface area contributed by atoms with Crippen LogP contribution in [-0.2, 0) is 8.98 Å². The molecule has 2 nitrogen and oxygen atoms in total. The number of fused-ring (bicyclic) bond motifs is 2. The molecule has 0 N–H and O–H groups in total. The van der Waals surface area contributed by atoms with Crippen molar-refractivity contribution in [1.82, 2.24) is 0 Å². The monoisotopic (exact) mass is 602 g/mol. The lowest BCUT2D eigenvalue weighted by molar-refractivity contribution is -0.133. The minimum absolute atomic E-state index is 0.187. The third-order valence-electron chi connectivity index (χ3n) is 8.32. The van der Waals surface area contributed by atoms with E-state index in [1.54, 1.807) is 0 Å². The first-order valence-corrected chi connectivity index (χ1v) is 17.0. The predicted molar refractivity (Wildman–Crippen MR) is 189 cm³/mol. The SMILES string of the molecule is CCCC(=O)OS(c1ccccc1)(c1ccc(-c2cccc3ccccc23)cc1)c1ccc(-c2cccc3ccccc23)cc1. The predicted octanol–water partition coefficient (Wildman–Crippen LogP) is 11.9. The lowest BCUT2D eigenvalue weighted by atomic mass is 9.98. The Hall–Kier alpha value is -5.12. The van der Waals surface area contributed by atoms with E-state index in [-0.39, 0.29) is 5.97 Å². The fraction of sp³-hybridized carbons (Fsp3) is 0.0714. The Morgan fingerprint density at radius 1 is 0.489 bits per heavy atom. The van der Waals surface area contributed by atoms with Crippen LogP contribution in [0.4, 0.5) is 0 Å². The summed E-state index contributed by atoms with van der Waals surface area (Å²) in [5.74, 6) is -0.187. The number of hydrogen-bond donors (Lipinski definition) is 0. The highest BCUT2D eigenvalue weighted by molar-refractivity contribution is 8.30. The molecule has 0 bridgehead atoms. The lowest BCUT2D eigenvalue weighted by Crippen LogP contribution is -2.13. The highest BCUT2D eigenvalue weighted by Crippen LogP contribution is 2.69. The zero-order valence-electron chi connectivity index (χ0n) is 25.2. The van der Waals surface area contributed by atoms with Crippen LogP contribution in [0.5, 0.6) is 0 Å². The molecule has 3 heteroatoms. The minimum Gasteiger partial charge on any atom is -0.402 e. The van der Waals surface area contributed by atoms with E-state index in [2.05, 4.69) is 146 Å². The number of benzene rings is 7. The summed E-state index contributed by atoms with van der Waals surface area (Å²) in [6.45, 7) is 2.01. The van der Waals surface area contributed by atoms with Crippen molar-refractivity contribution in [1.29, 1.82) is 0 Å². The molecule has 0 aliphatic heterocycles. The van der Waals surface area contributed by atoms with Crippen molar-refractivity contribution in [2.45, 2.75) is 34.5 Å². The molecular formula is C42H34O2S. The highest BCUT2D eigenvalue weighted by Gasteiger charge is 2.35. The molecule has 7 aromatic carbocycles. The fourth-order valence-corrected chi connectivity index (χ4v) is 9.20. The van der Waals surface area contributed by atoms with E-state index >= 15 is 0 Å². The average molecular weight is 603 g/mol. The van der Waals surface area contributed by atoms with Crippen LogP contribution in [0.15, 0.2) is 178 Å². The van der Waals surface area contributed by atoms with Crippen molar-refractivity contribution < 1.29 is 8.98 Å². The van der Waals surface area contributed by atoms with E-state index in [1.807, 2.05) is 25.1 Å². The largest absolute Gasteiger partial charge is 0.402 e. The second-order valence-corrected chi connectivity index (χ2v) is 13.9. The Balaban J connectivity index is 1.39. The van der Waals surface area contributed by atoms with E-state index in [0.29, 0.717) is 6.42 Å². The van der Waals surface area contributed by atoms with Gasteiger partial charge in [-0.05, 0) is 96.9 Å². The lowest BCUT2D eigenvalue weighted by Gasteiger charge is -2.40. The van der Waals surface area contributed by atoms with Gasteiger partial charge in [0, 0.05) is 21.1 Å². The maximum atomic E-state index is 13.4. The van der Waals surface area contributed by atoms with Crippen LogP contribution in [0.1, 0.15) is 19.8 Å². The van der Waals surface area contributed by atoms with Crippen LogP contribution < -0.4 is 0 Å². The molecule has 0 unspecified atom stereocenters. The summed E-state index contributed by atoms with van der Waals surface area (Å²) in [6.07, 6.45) is 1.09. The van der Waals surface area contributed by atoms with Crippen LogP contribution in [-0.4, -0.2) is 5.97 Å². The van der Waals surface area contributed by atoms with Crippen molar-refractivity contribution in [2.75, 3.05) is 0 Å². The van der Waals surface area contributed by atoms with Gasteiger partial charge in [0.05, 0.1) is 0 Å². The zero-order valence-corrected chi connectivity index (χ0v) is 26.0. The van der Waals surface area contributed by atoms with Gasteiger partial charge in [-0.1, -0.05) is 134 Å². The second-order valence-electron chi connectivity index (χ2n) is 11.2. The van der Waals surface area contributed by atoms with Crippen molar-refractivity contribution >= 4 is 37.8 Å². The van der Waals surface area contributed by atoms with Gasteiger partial charge in [-0.3, -0.25) is 4.79 Å². The molecule has 0 saturated carbocycles. The molecule has 0 fully saturated rings. The molecule has 0 aromatic heterocycles. The number of hydrogen-bond acceptors (Lipinski definition) is 2. The van der Waals surface area contributed by atoms with Crippen molar-refractivity contribution in [2.24, 2.45) is 0 Å². The summed E-state index contributed by atoms with van der Waals surface area (Å²) < 4.78 is 6.71. The molecule has 0 radical (unpaired) electrons. The first-order chi connectivity index (χ1) is 22.2. The Bertz CT molecular complexity index is 1970. The van der Waals surface area contributed by atoms with Gasteiger partial charge in [-0.15, -0.1) is 0 Å². The summed E-state index contributed by atoms with van der Waals surface area (Å²) in [4.78, 5) is 16.4. The number of carbonyl (C=O) groups is 1. The number of carbonyl (C=O) groups excluding carboxylic acids is 1. The third-order valence-corrected chi connectivity index (χ3v) is 11.6. The summed E-state index contributed by atoms with van der Waals surface area (Å²) in [5, 5.41) is 4.85. The topological polar surface area (TPSA) is 26.3 Å². The van der Waals surface area contributed by atoms with Crippen LogP contribution in [0.25, 0.3) is 43.8 Å². The van der Waals surface area contributed by atoms with Crippen LogP contribution in [0, 0.1) is 0 Å². The quantitative estimate of drug-likeness (QED) is 0.173. The van der Waals surface area contributed by atoms with Gasteiger partial charge in [0.25, 0.3) is 0 Å². The Morgan fingerprint density at radius 2 is 0.911 bits per heavy atom. The minimum atomic E-state index is -2.39. The van der Waals surface area contributed by atoms with Gasteiger partial charge in [-0.25, -0.2) is 0 Å². The van der Waals surface area contributed by atoms with Crippen LogP contribution >= 0.6 is 10.3 Å². The molecule has 0 heterocycles. The molecule has 0 atom stereocenters. The van der Waals surface area contributed by atoms with E-state index in [9.17, 15) is 4.79 Å². The normalized spacial score (nSPS) is 11.8. The van der Waals surface area contributed by atoms with Crippen LogP contribution in [0.3, 0.4) is 0 Å². The Labute approximate surface area is 266 Å². The van der Waals surface area contributed by atoms with Gasteiger partial charge in [0.15, 0.2) is 0 Å². The molecule has 0 saturated heterocycles. The van der Waals surface area contributed by atoms with Gasteiger partial charge in [-0.2, -0.15) is 0 Å². The summed E-state index contributed by atoms with van der Waals surface area (Å²) in [5.41, 5.74) is 4.62. The first-order valence-electron chi connectivity index (χ1n) is 15.4. The molecule has 0 aliphatic rings. The second kappa shape index (κ2) is 12.5. The van der Waals surface area contributed by atoms with Crippen LogP contribution in [0.2, 0.25) is 0 Å². The molecule has 7 rings (SSSR count). The fourth-order valence-electron chi connectivity index (χ4n) is 6.16. The molecule has 220 valence electrons. The first kappa shape index (κ1) is 28.6. The van der Waals surface area contributed by atoms with Crippen molar-refractivity contribution in [3.8, 4) is 22.3 Å². The standard InChI is InChI=1S/C42H34O2S/c1-2-12-42(43)44-45(35-17-4-3-5-18-35,36-27-23-33(24-28-36)40-21-10-15-31-13-6-8-19-38(31)40)37-29-25-34(26-30-37)41-22-11-16-32-14-7-9-20-39(32)41/h3-11,13-30H,2,12H2,1H3. The zero-order chi connectivity index (χ0) is 30.6. The van der Waals surface area contributed by atoms with E-state index in [0.717, 1.165) is 32.2 Å². The van der Waals surface area contributed by atoms with Gasteiger partial charge >= 0.3 is 5.97 Å². The summed E-state index contributed by atoms with van der Waals surface area (Å²) in [6, 6.07) is 57.3. The molecular weight excluding hydrogens is 569 g/mol. The molecule has 7 aromatic rings. The van der Waals surface area contributed by atoms with E-state index < -0.39 is 10.3 Å². The Morgan fingerprint density at radius 3 is 1.40 bits per heavy atom. The van der Waals surface area contributed by atoms with Crippen molar-refractivity contribution in [3.63, 3.8) is 0 Å².